The number of aryl methyl sites for hydroxylation is 1. The van der Waals surface area contributed by atoms with E-state index in [0.717, 1.165) is 25.4 Å². The van der Waals surface area contributed by atoms with Crippen molar-refractivity contribution >= 4 is 5.91 Å². The first kappa shape index (κ1) is 22.3. The van der Waals surface area contributed by atoms with E-state index in [9.17, 15) is 4.79 Å². The fraction of sp³-hybridized carbons (Fsp3) is 0.720. The van der Waals surface area contributed by atoms with Crippen molar-refractivity contribution in [2.75, 3.05) is 27.2 Å². The largest absolute Gasteiger partial charge is 0.338 e. The van der Waals surface area contributed by atoms with Gasteiger partial charge in [0.25, 0.3) is 0 Å². The summed E-state index contributed by atoms with van der Waals surface area (Å²) in [5.41, 5.74) is 2.73. The zero-order valence-electron chi connectivity index (χ0n) is 18.8. The van der Waals surface area contributed by atoms with Crippen molar-refractivity contribution in [3.63, 3.8) is 0 Å². The Balaban J connectivity index is 0.000000755. The average Bonchev–Trinajstić information content (AvgIpc) is 3.59. The van der Waals surface area contributed by atoms with Gasteiger partial charge in [0.15, 0.2) is 0 Å². The third kappa shape index (κ3) is 6.29. The summed E-state index contributed by atoms with van der Waals surface area (Å²) in [6, 6.07) is 10.1. The highest BCUT2D eigenvalue weighted by Crippen LogP contribution is 2.36. The molecule has 1 aliphatic heterocycles. The Morgan fingerprint density at radius 1 is 1.00 bits per heavy atom. The molecule has 1 saturated heterocycles. The van der Waals surface area contributed by atoms with Gasteiger partial charge in [-0.25, -0.2) is 0 Å². The van der Waals surface area contributed by atoms with Gasteiger partial charge in [0.05, 0.1) is 6.54 Å². The summed E-state index contributed by atoms with van der Waals surface area (Å²) in [4.78, 5) is 17.9. The van der Waals surface area contributed by atoms with Gasteiger partial charge in [-0.2, -0.15) is 0 Å². The molecule has 29 heavy (non-hydrogen) atoms. The first-order valence-corrected chi connectivity index (χ1v) is 11.9. The number of carbonyl (C=O) groups excluding carboxylic acids is 1. The van der Waals surface area contributed by atoms with Crippen LogP contribution in [-0.2, 0) is 17.8 Å². The summed E-state index contributed by atoms with van der Waals surface area (Å²) in [6.45, 7) is 4.72. The van der Waals surface area contributed by atoms with E-state index in [0.29, 0.717) is 24.5 Å². The topological polar surface area (TPSA) is 35.6 Å². The standard InChI is InChI=1S/C23H34N2O.C2H7N/c1-2-18-9-11-19(12-10-18)16-24(21-13-14-21)17-23(26)25-15-5-7-20-6-3-4-8-22(20)25;1-3-2/h9-12,20-22H,2-8,13-17H2,1H3;3H,1-2H3/t20?,22-;/m0./s1. The summed E-state index contributed by atoms with van der Waals surface area (Å²) in [6.07, 6.45) is 11.4. The Bertz CT molecular complexity index is 623. The van der Waals surface area contributed by atoms with Crippen LogP contribution in [-0.4, -0.2) is 55.0 Å². The molecule has 0 radical (unpaired) electrons. The highest BCUT2D eigenvalue weighted by molar-refractivity contribution is 5.79. The van der Waals surface area contributed by atoms with Crippen molar-refractivity contribution in [3.05, 3.63) is 35.4 Å². The molecule has 3 fully saturated rings. The summed E-state index contributed by atoms with van der Waals surface area (Å²) >= 11 is 0. The third-order valence-corrected chi connectivity index (χ3v) is 6.78. The average molecular weight is 400 g/mol. The second kappa shape index (κ2) is 11.1. The maximum absolute atomic E-state index is 13.2. The maximum Gasteiger partial charge on any atom is 0.237 e. The second-order valence-corrected chi connectivity index (χ2v) is 9.15. The molecule has 1 aromatic rings. The summed E-state index contributed by atoms with van der Waals surface area (Å²) in [5, 5.41) is 2.75. The number of rotatable bonds is 6. The van der Waals surface area contributed by atoms with Crippen LogP contribution in [0.5, 0.6) is 0 Å². The van der Waals surface area contributed by atoms with Gasteiger partial charge in [-0.3, -0.25) is 9.69 Å². The van der Waals surface area contributed by atoms with E-state index in [4.69, 9.17) is 0 Å². The van der Waals surface area contributed by atoms with Gasteiger partial charge in [0.1, 0.15) is 0 Å². The number of benzene rings is 1. The smallest absolute Gasteiger partial charge is 0.237 e. The molecule has 4 heteroatoms. The van der Waals surface area contributed by atoms with Crippen LogP contribution in [0.1, 0.15) is 69.4 Å². The number of nitrogens with one attached hydrogen (secondary N) is 1. The molecule has 1 unspecified atom stereocenters. The summed E-state index contributed by atoms with van der Waals surface area (Å²) in [5.74, 6) is 1.16. The fourth-order valence-electron chi connectivity index (χ4n) is 5.07. The van der Waals surface area contributed by atoms with Crippen LogP contribution in [0.2, 0.25) is 0 Å². The molecule has 4 rings (SSSR count). The first-order valence-electron chi connectivity index (χ1n) is 11.9. The van der Waals surface area contributed by atoms with E-state index in [1.165, 1.54) is 62.5 Å². The Hall–Kier alpha value is -1.39. The van der Waals surface area contributed by atoms with E-state index in [2.05, 4.69) is 46.3 Å². The minimum Gasteiger partial charge on any atom is -0.338 e. The number of nitrogens with zero attached hydrogens (tertiary/aromatic N) is 2. The molecule has 1 heterocycles. The number of piperidine rings is 1. The molecule has 162 valence electrons. The highest BCUT2D eigenvalue weighted by Gasteiger charge is 2.37. The monoisotopic (exact) mass is 399 g/mol. The van der Waals surface area contributed by atoms with E-state index in [1.54, 1.807) is 0 Å². The van der Waals surface area contributed by atoms with E-state index in [1.807, 2.05) is 14.1 Å². The van der Waals surface area contributed by atoms with Gasteiger partial charge in [-0.1, -0.05) is 44.0 Å². The maximum atomic E-state index is 13.2. The predicted molar refractivity (Wildman–Crippen MR) is 121 cm³/mol. The second-order valence-electron chi connectivity index (χ2n) is 9.15. The van der Waals surface area contributed by atoms with Crippen LogP contribution in [0.15, 0.2) is 24.3 Å². The predicted octanol–water partition coefficient (Wildman–Crippen LogP) is 4.23. The van der Waals surface area contributed by atoms with E-state index in [-0.39, 0.29) is 0 Å². The molecule has 0 spiro atoms. The normalized spacial score (nSPS) is 23.9. The van der Waals surface area contributed by atoms with E-state index < -0.39 is 0 Å². The molecule has 1 aromatic carbocycles. The minimum absolute atomic E-state index is 0.388. The number of fused-ring (bicyclic) bond motifs is 1. The lowest BCUT2D eigenvalue weighted by molar-refractivity contribution is -0.139. The van der Waals surface area contributed by atoms with Crippen molar-refractivity contribution in [2.24, 2.45) is 5.92 Å². The molecule has 0 bridgehead atoms. The fourth-order valence-corrected chi connectivity index (χ4v) is 5.07. The highest BCUT2D eigenvalue weighted by atomic mass is 16.2. The minimum atomic E-state index is 0.388. The summed E-state index contributed by atoms with van der Waals surface area (Å²) in [7, 11) is 3.75. The number of amides is 1. The van der Waals surface area contributed by atoms with Crippen LogP contribution in [0.4, 0.5) is 0 Å². The molecule has 1 amide bonds. The molecule has 2 saturated carbocycles. The Morgan fingerprint density at radius 2 is 1.62 bits per heavy atom. The lowest BCUT2D eigenvalue weighted by atomic mass is 9.78. The number of hydrogen-bond acceptors (Lipinski definition) is 3. The van der Waals surface area contributed by atoms with Crippen LogP contribution in [0, 0.1) is 5.92 Å². The quantitative estimate of drug-likeness (QED) is 0.777. The number of carbonyl (C=O) groups is 1. The van der Waals surface area contributed by atoms with Gasteiger partial charge in [-0.05, 0) is 76.1 Å². The zero-order chi connectivity index (χ0) is 20.6. The molecule has 1 N–H and O–H groups in total. The molecule has 4 nitrogen and oxygen atoms in total. The van der Waals surface area contributed by atoms with Crippen LogP contribution >= 0.6 is 0 Å². The van der Waals surface area contributed by atoms with Crippen LogP contribution in [0.25, 0.3) is 0 Å². The van der Waals surface area contributed by atoms with Crippen molar-refractivity contribution in [2.45, 2.75) is 83.3 Å². The van der Waals surface area contributed by atoms with E-state index >= 15 is 0 Å². The molecule has 3 aliphatic rings. The van der Waals surface area contributed by atoms with Gasteiger partial charge in [0.2, 0.25) is 5.91 Å². The third-order valence-electron chi connectivity index (χ3n) is 6.78. The molecule has 2 aliphatic carbocycles. The molecular weight excluding hydrogens is 358 g/mol. The van der Waals surface area contributed by atoms with Crippen molar-refractivity contribution in [3.8, 4) is 0 Å². The Labute approximate surface area is 178 Å². The first-order chi connectivity index (χ1) is 14.2. The SMILES string of the molecule is CCc1ccc(CN(CC(=O)N2CCCC3CCCC[C@@H]32)C2CC2)cc1.CNC. The Kier molecular flexibility index (Phi) is 8.55. The van der Waals surface area contributed by atoms with Crippen molar-refractivity contribution < 1.29 is 4.79 Å². The molecule has 0 aromatic heterocycles. The van der Waals surface area contributed by atoms with Crippen LogP contribution in [0.3, 0.4) is 0 Å². The molecule has 2 atom stereocenters. The van der Waals surface area contributed by atoms with Crippen molar-refractivity contribution in [1.82, 2.24) is 15.1 Å². The summed E-state index contributed by atoms with van der Waals surface area (Å²) < 4.78 is 0. The lowest BCUT2D eigenvalue weighted by Gasteiger charge is -2.44. The van der Waals surface area contributed by atoms with Gasteiger partial charge >= 0.3 is 0 Å². The van der Waals surface area contributed by atoms with Crippen LogP contribution < -0.4 is 5.32 Å². The lowest BCUT2D eigenvalue weighted by Crippen LogP contribution is -2.52. The van der Waals surface area contributed by atoms with Crippen molar-refractivity contribution in [1.29, 1.82) is 0 Å². The zero-order valence-corrected chi connectivity index (χ0v) is 18.8. The number of likely N-dealkylation sites (tertiary alicyclic amines) is 1. The van der Waals surface area contributed by atoms with Gasteiger partial charge in [-0.15, -0.1) is 0 Å². The molecular formula is C25H41N3O. The number of hydrogen-bond donors (Lipinski definition) is 1. The Morgan fingerprint density at radius 3 is 2.28 bits per heavy atom. The van der Waals surface area contributed by atoms with Gasteiger partial charge < -0.3 is 10.2 Å². The van der Waals surface area contributed by atoms with Gasteiger partial charge in [0, 0.05) is 25.2 Å².